The second kappa shape index (κ2) is 5.95. The molecule has 21 heavy (non-hydrogen) atoms. The van der Waals surface area contributed by atoms with E-state index >= 15 is 0 Å². The average molecular weight is 290 g/mol. The van der Waals surface area contributed by atoms with E-state index in [1.54, 1.807) is 17.0 Å². The minimum Gasteiger partial charge on any atom is -0.469 e. The van der Waals surface area contributed by atoms with E-state index in [2.05, 4.69) is 10.1 Å². The van der Waals surface area contributed by atoms with Crippen molar-refractivity contribution in [1.82, 2.24) is 0 Å². The SMILES string of the molecule is COC(=O)C1CC(=O)N(c2ccc(C)c(NC(C)=O)c2)C1. The molecule has 0 aromatic heterocycles. The van der Waals surface area contributed by atoms with Gasteiger partial charge in [0, 0.05) is 31.3 Å². The summed E-state index contributed by atoms with van der Waals surface area (Å²) < 4.78 is 4.69. The Labute approximate surface area is 123 Å². The number of methoxy groups -OCH3 is 1. The quantitative estimate of drug-likeness (QED) is 0.856. The molecule has 1 N–H and O–H groups in total. The fourth-order valence-corrected chi connectivity index (χ4v) is 2.38. The molecular formula is C15H18N2O4. The number of rotatable bonds is 3. The van der Waals surface area contributed by atoms with Crippen molar-refractivity contribution in [2.24, 2.45) is 5.92 Å². The number of carbonyl (C=O) groups excluding carboxylic acids is 3. The topological polar surface area (TPSA) is 75.7 Å². The molecule has 0 saturated carbocycles. The van der Waals surface area contributed by atoms with E-state index in [1.165, 1.54) is 14.0 Å². The molecule has 6 nitrogen and oxygen atoms in total. The van der Waals surface area contributed by atoms with Gasteiger partial charge in [0.2, 0.25) is 11.8 Å². The van der Waals surface area contributed by atoms with Gasteiger partial charge in [-0.2, -0.15) is 0 Å². The number of hydrogen-bond acceptors (Lipinski definition) is 4. The molecule has 1 unspecified atom stereocenters. The molecule has 1 heterocycles. The first-order chi connectivity index (χ1) is 9.92. The van der Waals surface area contributed by atoms with E-state index in [0.717, 1.165) is 5.56 Å². The predicted octanol–water partition coefficient (Wildman–Crippen LogP) is 1.48. The summed E-state index contributed by atoms with van der Waals surface area (Å²) in [5, 5.41) is 2.73. The third-order valence-corrected chi connectivity index (χ3v) is 3.50. The first-order valence-corrected chi connectivity index (χ1v) is 6.68. The Morgan fingerprint density at radius 2 is 2.10 bits per heavy atom. The maximum Gasteiger partial charge on any atom is 0.311 e. The molecular weight excluding hydrogens is 272 g/mol. The summed E-state index contributed by atoms with van der Waals surface area (Å²) in [6.07, 6.45) is 0.149. The highest BCUT2D eigenvalue weighted by Gasteiger charge is 2.35. The maximum absolute atomic E-state index is 12.1. The summed E-state index contributed by atoms with van der Waals surface area (Å²) >= 11 is 0. The molecule has 2 rings (SSSR count). The van der Waals surface area contributed by atoms with Gasteiger partial charge in [-0.3, -0.25) is 14.4 Å². The van der Waals surface area contributed by atoms with Gasteiger partial charge >= 0.3 is 5.97 Å². The van der Waals surface area contributed by atoms with Crippen LogP contribution >= 0.6 is 0 Å². The van der Waals surface area contributed by atoms with Crippen molar-refractivity contribution in [2.75, 3.05) is 23.9 Å². The lowest BCUT2D eigenvalue weighted by Gasteiger charge is -2.18. The van der Waals surface area contributed by atoms with Crippen molar-refractivity contribution in [1.29, 1.82) is 0 Å². The summed E-state index contributed by atoms with van der Waals surface area (Å²) in [5.41, 5.74) is 2.24. The molecule has 1 atom stereocenters. The van der Waals surface area contributed by atoms with Crippen molar-refractivity contribution >= 4 is 29.2 Å². The second-order valence-corrected chi connectivity index (χ2v) is 5.11. The molecule has 2 amide bonds. The number of aryl methyl sites for hydroxylation is 1. The highest BCUT2D eigenvalue weighted by molar-refractivity contribution is 6.00. The number of benzene rings is 1. The number of ether oxygens (including phenoxy) is 1. The zero-order chi connectivity index (χ0) is 15.6. The van der Waals surface area contributed by atoms with Crippen molar-refractivity contribution in [3.8, 4) is 0 Å². The molecule has 0 spiro atoms. The van der Waals surface area contributed by atoms with Crippen LogP contribution in [0.5, 0.6) is 0 Å². The van der Waals surface area contributed by atoms with Crippen LogP contribution in [0.2, 0.25) is 0 Å². The Bertz CT molecular complexity index is 597. The number of amides is 2. The molecule has 1 fully saturated rings. The van der Waals surface area contributed by atoms with Gasteiger partial charge < -0.3 is 15.0 Å². The van der Waals surface area contributed by atoms with Crippen LogP contribution in [0.3, 0.4) is 0 Å². The van der Waals surface area contributed by atoms with Gasteiger partial charge in [0.15, 0.2) is 0 Å². The monoisotopic (exact) mass is 290 g/mol. The molecule has 6 heteroatoms. The fourth-order valence-electron chi connectivity index (χ4n) is 2.38. The molecule has 1 aliphatic rings. The summed E-state index contributed by atoms with van der Waals surface area (Å²) in [5.74, 6) is -1.11. The van der Waals surface area contributed by atoms with E-state index in [4.69, 9.17) is 0 Å². The molecule has 1 saturated heterocycles. The van der Waals surface area contributed by atoms with Crippen LogP contribution in [-0.2, 0) is 19.1 Å². The van der Waals surface area contributed by atoms with Crippen LogP contribution in [0.1, 0.15) is 18.9 Å². The van der Waals surface area contributed by atoms with Crippen LogP contribution in [-0.4, -0.2) is 31.4 Å². The van der Waals surface area contributed by atoms with Gasteiger partial charge in [-0.05, 0) is 24.6 Å². The lowest BCUT2D eigenvalue weighted by Crippen LogP contribution is -2.26. The third-order valence-electron chi connectivity index (χ3n) is 3.50. The Balaban J connectivity index is 2.24. The predicted molar refractivity (Wildman–Crippen MR) is 78.0 cm³/mol. The Morgan fingerprint density at radius 3 is 2.71 bits per heavy atom. The van der Waals surface area contributed by atoms with Crippen molar-refractivity contribution in [2.45, 2.75) is 20.3 Å². The Kier molecular flexibility index (Phi) is 4.26. The normalized spacial score (nSPS) is 17.8. The van der Waals surface area contributed by atoms with Gasteiger partial charge in [0.05, 0.1) is 13.0 Å². The first kappa shape index (κ1) is 15.0. The molecule has 1 aromatic carbocycles. The van der Waals surface area contributed by atoms with Gasteiger partial charge in [-0.15, -0.1) is 0 Å². The van der Waals surface area contributed by atoms with Crippen LogP contribution in [0.4, 0.5) is 11.4 Å². The highest BCUT2D eigenvalue weighted by atomic mass is 16.5. The van der Waals surface area contributed by atoms with E-state index < -0.39 is 5.92 Å². The first-order valence-electron chi connectivity index (χ1n) is 6.68. The Morgan fingerprint density at radius 1 is 1.38 bits per heavy atom. The second-order valence-electron chi connectivity index (χ2n) is 5.11. The summed E-state index contributed by atoms with van der Waals surface area (Å²) in [4.78, 5) is 36.3. The minimum absolute atomic E-state index is 0.122. The molecule has 112 valence electrons. The largest absolute Gasteiger partial charge is 0.469 e. The summed E-state index contributed by atoms with van der Waals surface area (Å²) in [6.45, 7) is 3.60. The van der Waals surface area contributed by atoms with Gasteiger partial charge in [0.1, 0.15) is 0 Å². The van der Waals surface area contributed by atoms with Crippen LogP contribution in [0.25, 0.3) is 0 Å². The standard InChI is InChI=1S/C15H18N2O4/c1-9-4-5-12(7-13(9)16-10(2)18)17-8-11(6-14(17)19)15(20)21-3/h4-5,7,11H,6,8H2,1-3H3,(H,16,18). The smallest absolute Gasteiger partial charge is 0.311 e. The highest BCUT2D eigenvalue weighted by Crippen LogP contribution is 2.29. The molecule has 1 aliphatic heterocycles. The number of nitrogens with one attached hydrogen (secondary N) is 1. The Hall–Kier alpha value is -2.37. The number of carbonyl (C=O) groups is 3. The van der Waals surface area contributed by atoms with Gasteiger partial charge in [-0.1, -0.05) is 6.07 Å². The number of anilines is 2. The van der Waals surface area contributed by atoms with Gasteiger partial charge in [-0.25, -0.2) is 0 Å². The summed E-state index contributed by atoms with van der Waals surface area (Å²) in [7, 11) is 1.32. The van der Waals surface area contributed by atoms with E-state index in [-0.39, 0.29) is 24.2 Å². The minimum atomic E-state index is -0.437. The number of hydrogen-bond donors (Lipinski definition) is 1. The summed E-state index contributed by atoms with van der Waals surface area (Å²) in [6, 6.07) is 5.38. The molecule has 0 aliphatic carbocycles. The molecule has 0 bridgehead atoms. The maximum atomic E-state index is 12.1. The van der Waals surface area contributed by atoms with Crippen LogP contribution in [0.15, 0.2) is 18.2 Å². The molecule has 0 radical (unpaired) electrons. The number of esters is 1. The van der Waals surface area contributed by atoms with Crippen LogP contribution in [0, 0.1) is 12.8 Å². The van der Waals surface area contributed by atoms with Crippen molar-refractivity contribution in [3.05, 3.63) is 23.8 Å². The van der Waals surface area contributed by atoms with Gasteiger partial charge in [0.25, 0.3) is 0 Å². The van der Waals surface area contributed by atoms with E-state index in [0.29, 0.717) is 17.9 Å². The van der Waals surface area contributed by atoms with Crippen molar-refractivity contribution in [3.63, 3.8) is 0 Å². The van der Waals surface area contributed by atoms with Crippen molar-refractivity contribution < 1.29 is 19.1 Å². The van der Waals surface area contributed by atoms with E-state index in [9.17, 15) is 14.4 Å². The lowest BCUT2D eigenvalue weighted by molar-refractivity contribution is -0.145. The third kappa shape index (κ3) is 3.21. The zero-order valence-corrected chi connectivity index (χ0v) is 12.3. The number of nitrogens with zero attached hydrogens (tertiary/aromatic N) is 1. The van der Waals surface area contributed by atoms with E-state index in [1.807, 2.05) is 13.0 Å². The van der Waals surface area contributed by atoms with Crippen LogP contribution < -0.4 is 10.2 Å². The molecule has 1 aromatic rings. The average Bonchev–Trinajstić information content (AvgIpc) is 2.82. The fraction of sp³-hybridized carbons (Fsp3) is 0.400. The zero-order valence-electron chi connectivity index (χ0n) is 12.3. The lowest BCUT2D eigenvalue weighted by atomic mass is 10.1.